The first-order valence-corrected chi connectivity index (χ1v) is 10.3. The van der Waals surface area contributed by atoms with Crippen molar-refractivity contribution in [3.8, 4) is 0 Å². The maximum absolute atomic E-state index is 12.5. The second-order valence-electron chi connectivity index (χ2n) is 6.81. The molecule has 1 aromatic carbocycles. The molecule has 0 saturated heterocycles. The van der Waals surface area contributed by atoms with Crippen LogP contribution in [0.3, 0.4) is 0 Å². The van der Waals surface area contributed by atoms with E-state index in [-0.39, 0.29) is 17.2 Å². The number of para-hydroxylation sites is 1. The summed E-state index contributed by atoms with van der Waals surface area (Å²) in [7, 11) is -2.97. The standard InChI is InChI=1S/C17H24N2O3S/c1-23(21,22)12-6-11-18-16(20)19-13-17(9-4-5-10-17)14-7-2-3-8-15(14)19/h2-3,7-8H,4-6,9-13H2,1H3,(H,18,20). The Morgan fingerprint density at radius 3 is 2.65 bits per heavy atom. The smallest absolute Gasteiger partial charge is 0.321 e. The third kappa shape index (κ3) is 3.37. The molecule has 1 aliphatic heterocycles. The molecular weight excluding hydrogens is 312 g/mol. The number of carbonyl (C=O) groups excluding carboxylic acids is 1. The molecule has 2 aliphatic rings. The number of fused-ring (bicyclic) bond motifs is 2. The number of nitrogens with zero attached hydrogens (tertiary/aromatic N) is 1. The van der Waals surface area contributed by atoms with Gasteiger partial charge in [0.15, 0.2) is 0 Å². The van der Waals surface area contributed by atoms with E-state index in [2.05, 4.69) is 11.4 Å². The number of urea groups is 1. The molecule has 1 fully saturated rings. The van der Waals surface area contributed by atoms with E-state index in [9.17, 15) is 13.2 Å². The fourth-order valence-corrected chi connectivity index (χ4v) is 4.58. The van der Waals surface area contributed by atoms with Crippen LogP contribution >= 0.6 is 0 Å². The molecular formula is C17H24N2O3S. The lowest BCUT2D eigenvalue weighted by molar-refractivity contribution is 0.245. The van der Waals surface area contributed by atoms with Crippen LogP contribution in [0.5, 0.6) is 0 Å². The molecule has 6 heteroatoms. The van der Waals surface area contributed by atoms with Gasteiger partial charge in [-0.05, 0) is 30.9 Å². The number of sulfone groups is 1. The second-order valence-corrected chi connectivity index (χ2v) is 9.07. The van der Waals surface area contributed by atoms with Gasteiger partial charge in [0.1, 0.15) is 9.84 Å². The molecule has 5 nitrogen and oxygen atoms in total. The lowest BCUT2D eigenvalue weighted by atomic mass is 9.81. The van der Waals surface area contributed by atoms with Gasteiger partial charge in [0.2, 0.25) is 0 Å². The van der Waals surface area contributed by atoms with Crippen molar-refractivity contribution >= 4 is 21.6 Å². The van der Waals surface area contributed by atoms with E-state index in [1.165, 1.54) is 24.7 Å². The first-order valence-electron chi connectivity index (χ1n) is 8.24. The minimum atomic E-state index is -2.97. The predicted molar refractivity (Wildman–Crippen MR) is 91.7 cm³/mol. The fraction of sp³-hybridized carbons (Fsp3) is 0.588. The number of benzene rings is 1. The number of anilines is 1. The zero-order valence-electron chi connectivity index (χ0n) is 13.5. The Morgan fingerprint density at radius 1 is 1.26 bits per heavy atom. The molecule has 126 valence electrons. The van der Waals surface area contributed by atoms with Crippen LogP contribution in [0.15, 0.2) is 24.3 Å². The summed E-state index contributed by atoms with van der Waals surface area (Å²) >= 11 is 0. The monoisotopic (exact) mass is 336 g/mol. The van der Waals surface area contributed by atoms with Gasteiger partial charge >= 0.3 is 6.03 Å². The molecule has 1 heterocycles. The van der Waals surface area contributed by atoms with Crippen LogP contribution in [-0.4, -0.2) is 39.5 Å². The summed E-state index contributed by atoms with van der Waals surface area (Å²) in [5.41, 5.74) is 2.43. The Hall–Kier alpha value is -1.56. The van der Waals surface area contributed by atoms with Gasteiger partial charge in [-0.1, -0.05) is 31.0 Å². The van der Waals surface area contributed by atoms with E-state index < -0.39 is 9.84 Å². The average Bonchev–Trinajstić information content (AvgIpc) is 3.10. The van der Waals surface area contributed by atoms with Crippen LogP contribution in [0.4, 0.5) is 10.5 Å². The van der Waals surface area contributed by atoms with E-state index in [0.717, 1.165) is 25.1 Å². The Labute approximate surface area is 138 Å². The van der Waals surface area contributed by atoms with Crippen LogP contribution in [-0.2, 0) is 15.3 Å². The molecule has 1 aliphatic carbocycles. The summed E-state index contributed by atoms with van der Waals surface area (Å²) < 4.78 is 22.3. The number of hydrogen-bond donors (Lipinski definition) is 1. The average molecular weight is 336 g/mol. The Bertz CT molecular complexity index is 694. The third-order valence-electron chi connectivity index (χ3n) is 5.00. The summed E-state index contributed by atoms with van der Waals surface area (Å²) in [5, 5.41) is 2.87. The summed E-state index contributed by atoms with van der Waals surface area (Å²) in [6.07, 6.45) is 6.39. The highest BCUT2D eigenvalue weighted by molar-refractivity contribution is 7.90. The van der Waals surface area contributed by atoms with Crippen molar-refractivity contribution in [3.63, 3.8) is 0 Å². The maximum Gasteiger partial charge on any atom is 0.321 e. The van der Waals surface area contributed by atoms with Gasteiger partial charge in [-0.3, -0.25) is 4.90 Å². The van der Waals surface area contributed by atoms with Crippen molar-refractivity contribution < 1.29 is 13.2 Å². The van der Waals surface area contributed by atoms with E-state index in [4.69, 9.17) is 0 Å². The summed E-state index contributed by atoms with van der Waals surface area (Å²) in [6.45, 7) is 1.13. The lowest BCUT2D eigenvalue weighted by Crippen LogP contribution is -2.42. The van der Waals surface area contributed by atoms with Crippen molar-refractivity contribution in [2.24, 2.45) is 0 Å². The quantitative estimate of drug-likeness (QED) is 0.859. The SMILES string of the molecule is CS(=O)(=O)CCCNC(=O)N1CC2(CCCC2)c2ccccc21. The van der Waals surface area contributed by atoms with Gasteiger partial charge in [-0.15, -0.1) is 0 Å². The highest BCUT2D eigenvalue weighted by Gasteiger charge is 2.45. The number of hydrogen-bond acceptors (Lipinski definition) is 3. The molecule has 0 aromatic heterocycles. The van der Waals surface area contributed by atoms with Crippen molar-refractivity contribution in [3.05, 3.63) is 29.8 Å². The van der Waals surface area contributed by atoms with Gasteiger partial charge < -0.3 is 5.32 Å². The maximum atomic E-state index is 12.5. The molecule has 0 radical (unpaired) electrons. The first-order chi connectivity index (χ1) is 10.9. The van der Waals surface area contributed by atoms with Crippen LogP contribution in [0.25, 0.3) is 0 Å². The van der Waals surface area contributed by atoms with Gasteiger partial charge in [0.25, 0.3) is 0 Å². The lowest BCUT2D eigenvalue weighted by Gasteiger charge is -2.24. The Kier molecular flexibility index (Phi) is 4.36. The van der Waals surface area contributed by atoms with E-state index in [0.29, 0.717) is 13.0 Å². The van der Waals surface area contributed by atoms with Crippen LogP contribution in [0.2, 0.25) is 0 Å². The van der Waals surface area contributed by atoms with Crippen LogP contribution < -0.4 is 10.2 Å². The highest BCUT2D eigenvalue weighted by Crippen LogP contribution is 2.50. The van der Waals surface area contributed by atoms with Crippen molar-refractivity contribution in [1.82, 2.24) is 5.32 Å². The van der Waals surface area contributed by atoms with Gasteiger partial charge in [-0.25, -0.2) is 13.2 Å². The molecule has 0 bridgehead atoms. The number of amides is 2. The minimum absolute atomic E-state index is 0.105. The van der Waals surface area contributed by atoms with E-state index in [1.807, 2.05) is 23.1 Å². The van der Waals surface area contributed by atoms with E-state index >= 15 is 0 Å². The highest BCUT2D eigenvalue weighted by atomic mass is 32.2. The van der Waals surface area contributed by atoms with E-state index in [1.54, 1.807) is 0 Å². The summed E-state index contributed by atoms with van der Waals surface area (Å²) in [5.74, 6) is 0.105. The molecule has 3 rings (SSSR count). The van der Waals surface area contributed by atoms with Gasteiger partial charge in [0, 0.05) is 30.4 Å². The van der Waals surface area contributed by atoms with Gasteiger partial charge in [0.05, 0.1) is 5.75 Å². The third-order valence-corrected chi connectivity index (χ3v) is 6.03. The summed E-state index contributed by atoms with van der Waals surface area (Å²) in [6, 6.07) is 8.06. The molecule has 1 saturated carbocycles. The summed E-state index contributed by atoms with van der Waals surface area (Å²) in [4.78, 5) is 14.4. The molecule has 0 unspecified atom stereocenters. The Morgan fingerprint density at radius 2 is 1.96 bits per heavy atom. The molecule has 1 aromatic rings. The van der Waals surface area contributed by atoms with Crippen LogP contribution in [0, 0.1) is 0 Å². The molecule has 0 atom stereocenters. The first kappa shape index (κ1) is 16.3. The zero-order chi connectivity index (χ0) is 16.5. The number of rotatable bonds is 4. The van der Waals surface area contributed by atoms with Crippen molar-refractivity contribution in [1.29, 1.82) is 0 Å². The fourth-order valence-electron chi connectivity index (χ4n) is 3.92. The van der Waals surface area contributed by atoms with Crippen LogP contribution in [0.1, 0.15) is 37.7 Å². The van der Waals surface area contributed by atoms with Crippen molar-refractivity contribution in [2.45, 2.75) is 37.5 Å². The molecule has 1 N–H and O–H groups in total. The van der Waals surface area contributed by atoms with Crippen molar-refractivity contribution in [2.75, 3.05) is 30.0 Å². The number of nitrogens with one attached hydrogen (secondary N) is 1. The Balaban J connectivity index is 1.68. The molecule has 1 spiro atoms. The second kappa shape index (κ2) is 6.15. The van der Waals surface area contributed by atoms with Gasteiger partial charge in [-0.2, -0.15) is 0 Å². The topological polar surface area (TPSA) is 66.5 Å². The predicted octanol–water partition coefficient (Wildman–Crippen LogP) is 2.46. The molecule has 2 amide bonds. The number of carbonyl (C=O) groups is 1. The molecule has 23 heavy (non-hydrogen) atoms. The largest absolute Gasteiger partial charge is 0.338 e. The normalized spacial score (nSPS) is 19.1. The minimum Gasteiger partial charge on any atom is -0.338 e. The zero-order valence-corrected chi connectivity index (χ0v) is 14.4.